The molecule has 3 aromatic heterocycles. The molecule has 3 N–H and O–H groups in total. The van der Waals surface area contributed by atoms with Crippen LogP contribution in [0.1, 0.15) is 21.9 Å². The van der Waals surface area contributed by atoms with Gasteiger partial charge in [0.2, 0.25) is 5.82 Å². The first-order chi connectivity index (χ1) is 15.0. The molecule has 5 rings (SSSR count). The van der Waals surface area contributed by atoms with Crippen LogP contribution in [-0.4, -0.2) is 33.4 Å². The number of benzene rings is 1. The SMILES string of the molecule is Cc1csc(-c2csc3nc(C(=O)NCc4ccc5c(c4)NC(=O)CO5)[nH]c(=O)c23)n1. The molecule has 2 amide bonds. The highest BCUT2D eigenvalue weighted by atomic mass is 32.1. The molecule has 0 spiro atoms. The normalized spacial score (nSPS) is 12.9. The number of carbonyl (C=O) groups excluding carboxylic acids is 2. The molecule has 0 atom stereocenters. The third-order valence-electron chi connectivity index (χ3n) is 4.64. The summed E-state index contributed by atoms with van der Waals surface area (Å²) in [6.07, 6.45) is 0. The summed E-state index contributed by atoms with van der Waals surface area (Å²) in [5, 5.41) is 10.4. The van der Waals surface area contributed by atoms with Gasteiger partial charge in [-0.1, -0.05) is 6.07 Å². The maximum Gasteiger partial charge on any atom is 0.287 e. The lowest BCUT2D eigenvalue weighted by Gasteiger charge is -2.18. The molecule has 0 unspecified atom stereocenters. The molecular formula is C20H15N5O4S2. The van der Waals surface area contributed by atoms with Crippen LogP contribution < -0.4 is 20.9 Å². The molecule has 31 heavy (non-hydrogen) atoms. The molecule has 0 bridgehead atoms. The van der Waals surface area contributed by atoms with Crippen molar-refractivity contribution in [3.63, 3.8) is 0 Å². The highest BCUT2D eigenvalue weighted by molar-refractivity contribution is 7.18. The van der Waals surface area contributed by atoms with Crippen LogP contribution in [0, 0.1) is 6.92 Å². The number of nitrogens with zero attached hydrogens (tertiary/aromatic N) is 2. The van der Waals surface area contributed by atoms with Crippen LogP contribution in [0.15, 0.2) is 33.8 Å². The predicted molar refractivity (Wildman–Crippen MR) is 118 cm³/mol. The number of hydrogen-bond acceptors (Lipinski definition) is 8. The van der Waals surface area contributed by atoms with Gasteiger partial charge in [-0.25, -0.2) is 9.97 Å². The van der Waals surface area contributed by atoms with Crippen LogP contribution in [0.2, 0.25) is 0 Å². The van der Waals surface area contributed by atoms with Crippen LogP contribution in [0.3, 0.4) is 0 Å². The van der Waals surface area contributed by atoms with Gasteiger partial charge in [-0.15, -0.1) is 22.7 Å². The van der Waals surface area contributed by atoms with Gasteiger partial charge < -0.3 is 20.4 Å². The number of carbonyl (C=O) groups is 2. The summed E-state index contributed by atoms with van der Waals surface area (Å²) < 4.78 is 5.32. The van der Waals surface area contributed by atoms with E-state index in [1.165, 1.54) is 22.7 Å². The number of H-pyrrole nitrogens is 1. The highest BCUT2D eigenvalue weighted by Gasteiger charge is 2.19. The van der Waals surface area contributed by atoms with Crippen LogP contribution in [0.4, 0.5) is 5.69 Å². The van der Waals surface area contributed by atoms with Crippen molar-refractivity contribution in [3.8, 4) is 16.3 Å². The van der Waals surface area contributed by atoms with Crippen molar-refractivity contribution in [3.05, 3.63) is 56.4 Å². The monoisotopic (exact) mass is 453 g/mol. The van der Waals surface area contributed by atoms with Gasteiger partial charge in [0.1, 0.15) is 15.6 Å². The van der Waals surface area contributed by atoms with Crippen molar-refractivity contribution in [2.75, 3.05) is 11.9 Å². The number of aromatic nitrogens is 3. The second-order valence-corrected chi connectivity index (χ2v) is 8.60. The minimum absolute atomic E-state index is 0.0167. The summed E-state index contributed by atoms with van der Waals surface area (Å²) in [6.45, 7) is 2.07. The molecule has 0 fully saturated rings. The summed E-state index contributed by atoms with van der Waals surface area (Å²) in [5.74, 6) is -0.213. The number of nitrogens with one attached hydrogen (secondary N) is 3. The molecular weight excluding hydrogens is 438 g/mol. The number of anilines is 1. The average molecular weight is 454 g/mol. The number of aryl methyl sites for hydroxylation is 1. The molecule has 1 aromatic carbocycles. The van der Waals surface area contributed by atoms with E-state index >= 15 is 0 Å². The van der Waals surface area contributed by atoms with E-state index in [1.807, 2.05) is 17.7 Å². The number of rotatable bonds is 4. The maximum absolute atomic E-state index is 12.7. The predicted octanol–water partition coefficient (Wildman–Crippen LogP) is 2.68. The number of hydrogen-bond donors (Lipinski definition) is 3. The Labute approximate surface area is 183 Å². The standard InChI is InChI=1S/C20H15N5O4S2/c1-9-7-30-19(22-9)11-8-31-20-15(11)17(27)24-16(25-20)18(28)21-5-10-2-3-13-12(4-10)23-14(26)6-29-13/h2-4,7-8H,5-6H2,1H3,(H,21,28)(H,23,26)(H,24,25,27). The van der Waals surface area contributed by atoms with E-state index in [2.05, 4.69) is 25.6 Å². The topological polar surface area (TPSA) is 126 Å². The summed E-state index contributed by atoms with van der Waals surface area (Å²) in [4.78, 5) is 48.6. The minimum atomic E-state index is -0.503. The van der Waals surface area contributed by atoms with Gasteiger partial charge in [0.25, 0.3) is 17.4 Å². The second kappa shape index (κ2) is 7.60. The largest absolute Gasteiger partial charge is 0.482 e. The Morgan fingerprint density at radius 1 is 1.23 bits per heavy atom. The lowest BCUT2D eigenvalue weighted by molar-refractivity contribution is -0.118. The highest BCUT2D eigenvalue weighted by Crippen LogP contribution is 2.32. The Balaban J connectivity index is 1.36. The lowest BCUT2D eigenvalue weighted by Crippen LogP contribution is -2.28. The number of fused-ring (bicyclic) bond motifs is 2. The molecule has 11 heteroatoms. The number of thiazole rings is 1. The van der Waals surface area contributed by atoms with Gasteiger partial charge >= 0.3 is 0 Å². The summed E-state index contributed by atoms with van der Waals surface area (Å²) in [7, 11) is 0. The van der Waals surface area contributed by atoms with Crippen LogP contribution in [-0.2, 0) is 11.3 Å². The van der Waals surface area contributed by atoms with Crippen molar-refractivity contribution >= 4 is 50.4 Å². The Morgan fingerprint density at radius 3 is 2.90 bits per heavy atom. The summed E-state index contributed by atoms with van der Waals surface area (Å²) in [6, 6.07) is 5.25. The first-order valence-corrected chi connectivity index (χ1v) is 11.0. The van der Waals surface area contributed by atoms with Crippen molar-refractivity contribution < 1.29 is 14.3 Å². The van der Waals surface area contributed by atoms with Crippen molar-refractivity contribution in [2.24, 2.45) is 0 Å². The molecule has 4 aromatic rings. The first-order valence-electron chi connectivity index (χ1n) is 9.26. The fraction of sp³-hybridized carbons (Fsp3) is 0.150. The Morgan fingerprint density at radius 2 is 2.10 bits per heavy atom. The third-order valence-corrected chi connectivity index (χ3v) is 6.50. The number of ether oxygens (including phenoxy) is 1. The van der Waals surface area contributed by atoms with E-state index in [-0.39, 0.29) is 30.4 Å². The summed E-state index contributed by atoms with van der Waals surface area (Å²) in [5.41, 5.74) is 2.54. The molecule has 0 aliphatic carbocycles. The molecule has 0 saturated carbocycles. The van der Waals surface area contributed by atoms with Gasteiger partial charge in [0.05, 0.1) is 11.1 Å². The van der Waals surface area contributed by atoms with Crippen LogP contribution in [0.25, 0.3) is 20.8 Å². The van der Waals surface area contributed by atoms with Crippen molar-refractivity contribution in [2.45, 2.75) is 13.5 Å². The molecule has 0 radical (unpaired) electrons. The minimum Gasteiger partial charge on any atom is -0.482 e. The first kappa shape index (κ1) is 19.4. The number of aromatic amines is 1. The Hall–Kier alpha value is -3.57. The van der Waals surface area contributed by atoms with Gasteiger partial charge in [0.15, 0.2) is 6.61 Å². The van der Waals surface area contributed by atoms with E-state index in [9.17, 15) is 14.4 Å². The van der Waals surface area contributed by atoms with Crippen molar-refractivity contribution in [1.82, 2.24) is 20.3 Å². The second-order valence-electron chi connectivity index (χ2n) is 6.89. The van der Waals surface area contributed by atoms with Gasteiger partial charge in [-0.3, -0.25) is 14.4 Å². The van der Waals surface area contributed by atoms with E-state index < -0.39 is 5.91 Å². The molecule has 156 valence electrons. The van der Waals surface area contributed by atoms with Crippen LogP contribution in [0.5, 0.6) is 5.75 Å². The molecule has 4 heterocycles. The van der Waals surface area contributed by atoms with Gasteiger partial charge in [0, 0.05) is 28.6 Å². The zero-order chi connectivity index (χ0) is 21.5. The Kier molecular flexibility index (Phi) is 4.75. The summed E-state index contributed by atoms with van der Waals surface area (Å²) >= 11 is 2.75. The van der Waals surface area contributed by atoms with E-state index in [0.29, 0.717) is 21.7 Å². The van der Waals surface area contributed by atoms with Crippen LogP contribution >= 0.6 is 22.7 Å². The molecule has 9 nitrogen and oxygen atoms in total. The maximum atomic E-state index is 12.7. The van der Waals surface area contributed by atoms with E-state index in [4.69, 9.17) is 4.74 Å². The third kappa shape index (κ3) is 3.68. The van der Waals surface area contributed by atoms with Gasteiger partial charge in [-0.2, -0.15) is 0 Å². The zero-order valence-corrected chi connectivity index (χ0v) is 17.8. The fourth-order valence-electron chi connectivity index (χ4n) is 3.20. The van der Waals surface area contributed by atoms with E-state index in [1.54, 1.807) is 18.2 Å². The quantitative estimate of drug-likeness (QED) is 0.436. The molecule has 1 aliphatic rings. The average Bonchev–Trinajstić information content (AvgIpc) is 3.37. The van der Waals surface area contributed by atoms with E-state index in [0.717, 1.165) is 21.8 Å². The lowest BCUT2D eigenvalue weighted by atomic mass is 10.1. The smallest absolute Gasteiger partial charge is 0.287 e. The Bertz CT molecular complexity index is 1400. The van der Waals surface area contributed by atoms with Gasteiger partial charge in [-0.05, 0) is 24.6 Å². The fourth-order valence-corrected chi connectivity index (χ4v) is 5.02. The zero-order valence-electron chi connectivity index (χ0n) is 16.1. The van der Waals surface area contributed by atoms with Crippen molar-refractivity contribution in [1.29, 1.82) is 0 Å². The molecule has 0 saturated heterocycles. The molecule has 1 aliphatic heterocycles. The number of amides is 2. The number of thiophene rings is 1.